The van der Waals surface area contributed by atoms with Gasteiger partial charge in [-0.15, -0.1) is 0 Å². The highest BCUT2D eigenvalue weighted by Crippen LogP contribution is 2.17. The number of nitro groups is 1. The van der Waals surface area contributed by atoms with Crippen LogP contribution in [-0.4, -0.2) is 37.1 Å². The lowest BCUT2D eigenvalue weighted by atomic mass is 10.3. The molecule has 2 heterocycles. The standard InChI is InChI=1S/C12H13N5O4/c1-8-10(17(20)21)2-3-11(15-8)13-4-5-16-6-9(12(18)19)14-7-16/h2-3,6-7H,4-5H2,1H3,(H,13,15)(H,18,19). The first-order valence-corrected chi connectivity index (χ1v) is 6.08. The Hall–Kier alpha value is -2.97. The Kier molecular flexibility index (Phi) is 4.12. The average molecular weight is 291 g/mol. The predicted molar refractivity (Wildman–Crippen MR) is 73.3 cm³/mol. The number of nitrogens with one attached hydrogen (secondary N) is 1. The third kappa shape index (κ3) is 3.53. The fourth-order valence-electron chi connectivity index (χ4n) is 1.75. The number of imidazole rings is 1. The molecule has 0 saturated heterocycles. The zero-order valence-electron chi connectivity index (χ0n) is 11.2. The molecule has 2 rings (SSSR count). The molecule has 110 valence electrons. The van der Waals surface area contributed by atoms with E-state index in [0.717, 1.165) is 0 Å². The minimum Gasteiger partial charge on any atom is -0.476 e. The summed E-state index contributed by atoms with van der Waals surface area (Å²) >= 11 is 0. The molecule has 0 amide bonds. The van der Waals surface area contributed by atoms with Gasteiger partial charge in [0.1, 0.15) is 11.5 Å². The van der Waals surface area contributed by atoms with Crippen LogP contribution in [0.2, 0.25) is 0 Å². The van der Waals surface area contributed by atoms with E-state index in [0.29, 0.717) is 24.6 Å². The van der Waals surface area contributed by atoms with Crippen LogP contribution in [-0.2, 0) is 6.54 Å². The van der Waals surface area contributed by atoms with Crippen molar-refractivity contribution in [3.63, 3.8) is 0 Å². The molecular weight excluding hydrogens is 278 g/mol. The van der Waals surface area contributed by atoms with Gasteiger partial charge in [-0.25, -0.2) is 14.8 Å². The zero-order chi connectivity index (χ0) is 15.4. The summed E-state index contributed by atoms with van der Waals surface area (Å²) in [5.41, 5.74) is 0.293. The third-order valence-electron chi connectivity index (χ3n) is 2.78. The minimum absolute atomic E-state index is 0.0145. The lowest BCUT2D eigenvalue weighted by Gasteiger charge is -2.06. The van der Waals surface area contributed by atoms with Gasteiger partial charge >= 0.3 is 5.97 Å². The van der Waals surface area contributed by atoms with Crippen LogP contribution in [0.15, 0.2) is 24.7 Å². The molecule has 0 atom stereocenters. The summed E-state index contributed by atoms with van der Waals surface area (Å²) in [6, 6.07) is 2.92. The van der Waals surface area contributed by atoms with Gasteiger partial charge in [0.15, 0.2) is 5.69 Å². The van der Waals surface area contributed by atoms with E-state index in [1.807, 2.05) is 0 Å². The number of hydrogen-bond acceptors (Lipinski definition) is 6. The molecule has 0 fully saturated rings. The van der Waals surface area contributed by atoms with Crippen molar-refractivity contribution in [1.82, 2.24) is 14.5 Å². The number of carboxylic acid groups (broad SMARTS) is 1. The summed E-state index contributed by atoms with van der Waals surface area (Å²) in [6.07, 6.45) is 2.86. The molecule has 9 nitrogen and oxygen atoms in total. The van der Waals surface area contributed by atoms with Crippen molar-refractivity contribution in [2.75, 3.05) is 11.9 Å². The van der Waals surface area contributed by atoms with Crippen molar-refractivity contribution in [3.05, 3.63) is 46.2 Å². The number of hydrogen-bond donors (Lipinski definition) is 2. The van der Waals surface area contributed by atoms with E-state index in [4.69, 9.17) is 5.11 Å². The molecule has 0 aliphatic carbocycles. The predicted octanol–water partition coefficient (Wildman–Crippen LogP) is 1.31. The molecule has 0 unspecified atom stereocenters. The number of pyridine rings is 1. The quantitative estimate of drug-likeness (QED) is 0.607. The number of carboxylic acids is 1. The monoisotopic (exact) mass is 291 g/mol. The van der Waals surface area contributed by atoms with E-state index in [2.05, 4.69) is 15.3 Å². The number of carbonyl (C=O) groups is 1. The van der Waals surface area contributed by atoms with Gasteiger partial charge in [-0.3, -0.25) is 10.1 Å². The van der Waals surface area contributed by atoms with Gasteiger partial charge < -0.3 is 15.0 Å². The SMILES string of the molecule is Cc1nc(NCCn2cnc(C(=O)O)c2)ccc1[N+](=O)[O-]. The van der Waals surface area contributed by atoms with Gasteiger partial charge in [0.25, 0.3) is 5.69 Å². The molecule has 2 N–H and O–H groups in total. The van der Waals surface area contributed by atoms with Gasteiger partial charge in [-0.05, 0) is 13.0 Å². The maximum absolute atomic E-state index is 10.7. The molecule has 0 spiro atoms. The summed E-state index contributed by atoms with van der Waals surface area (Å²) in [7, 11) is 0. The Balaban J connectivity index is 1.92. The van der Waals surface area contributed by atoms with Crippen LogP contribution in [0.5, 0.6) is 0 Å². The van der Waals surface area contributed by atoms with Crippen molar-refractivity contribution in [3.8, 4) is 0 Å². The maximum Gasteiger partial charge on any atom is 0.356 e. The number of nitrogens with zero attached hydrogens (tertiary/aromatic N) is 4. The Labute approximate surface area is 119 Å². The van der Waals surface area contributed by atoms with Crippen LogP contribution in [0.25, 0.3) is 0 Å². The van der Waals surface area contributed by atoms with Gasteiger partial charge in [0.2, 0.25) is 0 Å². The largest absolute Gasteiger partial charge is 0.476 e. The smallest absolute Gasteiger partial charge is 0.356 e. The molecule has 2 aromatic rings. The first kappa shape index (κ1) is 14.4. The van der Waals surface area contributed by atoms with E-state index in [9.17, 15) is 14.9 Å². The Morgan fingerprint density at radius 2 is 2.29 bits per heavy atom. The Bertz CT molecular complexity index is 682. The van der Waals surface area contributed by atoms with E-state index in [-0.39, 0.29) is 11.4 Å². The summed E-state index contributed by atoms with van der Waals surface area (Å²) < 4.78 is 1.63. The summed E-state index contributed by atoms with van der Waals surface area (Å²) in [4.78, 5) is 28.7. The van der Waals surface area contributed by atoms with Crippen LogP contribution in [0, 0.1) is 17.0 Å². The van der Waals surface area contributed by atoms with Crippen LogP contribution >= 0.6 is 0 Å². The normalized spacial score (nSPS) is 10.3. The average Bonchev–Trinajstić information content (AvgIpc) is 2.87. The third-order valence-corrected chi connectivity index (χ3v) is 2.78. The van der Waals surface area contributed by atoms with Crippen LogP contribution in [0.3, 0.4) is 0 Å². The molecule has 0 aliphatic rings. The second kappa shape index (κ2) is 5.99. The molecular formula is C12H13N5O4. The molecule has 2 aromatic heterocycles. The minimum atomic E-state index is -1.07. The second-order valence-electron chi connectivity index (χ2n) is 4.29. The van der Waals surface area contributed by atoms with E-state index < -0.39 is 10.9 Å². The van der Waals surface area contributed by atoms with Crippen LogP contribution < -0.4 is 5.32 Å². The fourth-order valence-corrected chi connectivity index (χ4v) is 1.75. The Morgan fingerprint density at radius 3 is 2.86 bits per heavy atom. The number of aromatic carboxylic acids is 1. The van der Waals surface area contributed by atoms with Crippen molar-refractivity contribution in [2.24, 2.45) is 0 Å². The first-order valence-electron chi connectivity index (χ1n) is 6.08. The van der Waals surface area contributed by atoms with Crippen LogP contribution in [0.4, 0.5) is 11.5 Å². The van der Waals surface area contributed by atoms with Crippen LogP contribution in [0.1, 0.15) is 16.2 Å². The molecule has 0 aliphatic heterocycles. The molecule has 21 heavy (non-hydrogen) atoms. The second-order valence-corrected chi connectivity index (χ2v) is 4.29. The molecule has 0 aromatic carbocycles. The number of anilines is 1. The lowest BCUT2D eigenvalue weighted by Crippen LogP contribution is -2.11. The summed E-state index contributed by atoms with van der Waals surface area (Å²) in [5.74, 6) is -0.550. The van der Waals surface area contributed by atoms with Gasteiger partial charge in [-0.2, -0.15) is 0 Å². The highest BCUT2D eigenvalue weighted by molar-refractivity contribution is 5.84. The highest BCUT2D eigenvalue weighted by Gasteiger charge is 2.11. The van der Waals surface area contributed by atoms with Gasteiger partial charge in [0, 0.05) is 25.4 Å². The molecule has 0 radical (unpaired) electrons. The van der Waals surface area contributed by atoms with Crippen molar-refractivity contribution < 1.29 is 14.8 Å². The highest BCUT2D eigenvalue weighted by atomic mass is 16.6. The molecule has 0 bridgehead atoms. The fraction of sp³-hybridized carbons (Fsp3) is 0.250. The maximum atomic E-state index is 10.7. The first-order chi connectivity index (χ1) is 9.97. The Morgan fingerprint density at radius 1 is 1.52 bits per heavy atom. The summed E-state index contributed by atoms with van der Waals surface area (Å²) in [6.45, 7) is 2.55. The number of aromatic nitrogens is 3. The lowest BCUT2D eigenvalue weighted by molar-refractivity contribution is -0.385. The van der Waals surface area contributed by atoms with E-state index >= 15 is 0 Å². The van der Waals surface area contributed by atoms with Crippen molar-refractivity contribution >= 4 is 17.5 Å². The molecule has 0 saturated carbocycles. The molecule has 9 heteroatoms. The van der Waals surface area contributed by atoms with Gasteiger partial charge in [-0.1, -0.05) is 0 Å². The van der Waals surface area contributed by atoms with E-state index in [1.54, 1.807) is 11.5 Å². The van der Waals surface area contributed by atoms with Gasteiger partial charge in [0.05, 0.1) is 11.3 Å². The number of aryl methyl sites for hydroxylation is 1. The van der Waals surface area contributed by atoms with E-state index in [1.165, 1.54) is 24.7 Å². The van der Waals surface area contributed by atoms with Crippen molar-refractivity contribution in [1.29, 1.82) is 0 Å². The number of rotatable bonds is 6. The summed E-state index contributed by atoms with van der Waals surface area (Å²) in [5, 5.41) is 22.4. The zero-order valence-corrected chi connectivity index (χ0v) is 11.2. The topological polar surface area (TPSA) is 123 Å². The van der Waals surface area contributed by atoms with Crippen molar-refractivity contribution in [2.45, 2.75) is 13.5 Å².